The van der Waals surface area contributed by atoms with Crippen LogP contribution in [0.2, 0.25) is 0 Å². The minimum Gasteiger partial charge on any atom is -0.309 e. The Balaban J connectivity index is 1.73. The van der Waals surface area contributed by atoms with Gasteiger partial charge in [-0.15, -0.1) is 0 Å². The van der Waals surface area contributed by atoms with Gasteiger partial charge >= 0.3 is 0 Å². The quantitative estimate of drug-likeness (QED) is 0.864. The topological polar surface area (TPSA) is 39.1 Å². The summed E-state index contributed by atoms with van der Waals surface area (Å²) in [6.07, 6.45) is 5.51. The van der Waals surface area contributed by atoms with Crippen LogP contribution in [0.15, 0.2) is 24.3 Å². The lowest BCUT2D eigenvalue weighted by Gasteiger charge is -2.25. The Morgan fingerprint density at radius 1 is 1.30 bits per heavy atom. The van der Waals surface area contributed by atoms with Crippen LogP contribution in [0.5, 0.6) is 0 Å². The number of nitriles is 1. The predicted molar refractivity (Wildman–Crippen MR) is 82.5 cm³/mol. The first-order chi connectivity index (χ1) is 9.70. The van der Waals surface area contributed by atoms with Gasteiger partial charge in [-0.2, -0.15) is 5.26 Å². The molecule has 1 aromatic carbocycles. The molecule has 0 bridgehead atoms. The molecule has 1 fully saturated rings. The highest BCUT2D eigenvalue weighted by molar-refractivity contribution is 5.32. The van der Waals surface area contributed by atoms with Gasteiger partial charge < -0.3 is 10.2 Å². The maximum atomic E-state index is 8.80. The van der Waals surface area contributed by atoms with Crippen molar-refractivity contribution in [1.29, 1.82) is 5.26 Å². The van der Waals surface area contributed by atoms with Crippen LogP contribution in [-0.2, 0) is 0 Å². The number of nitrogens with zero attached hydrogens (tertiary/aromatic N) is 2. The molecule has 0 heterocycles. The molecule has 0 spiro atoms. The van der Waals surface area contributed by atoms with E-state index in [1.165, 1.54) is 31.2 Å². The molecule has 2 rings (SSSR count). The Morgan fingerprint density at radius 2 is 1.95 bits per heavy atom. The normalized spacial score (nSPS) is 17.3. The van der Waals surface area contributed by atoms with Crippen molar-refractivity contribution in [2.75, 3.05) is 20.1 Å². The summed E-state index contributed by atoms with van der Waals surface area (Å²) < 4.78 is 0. The van der Waals surface area contributed by atoms with Gasteiger partial charge in [0.15, 0.2) is 0 Å². The van der Waals surface area contributed by atoms with Crippen molar-refractivity contribution in [1.82, 2.24) is 10.2 Å². The van der Waals surface area contributed by atoms with Crippen molar-refractivity contribution in [2.45, 2.75) is 44.7 Å². The number of hydrogen-bond donors (Lipinski definition) is 1. The van der Waals surface area contributed by atoms with Gasteiger partial charge in [0.25, 0.3) is 0 Å². The third-order valence-corrected chi connectivity index (χ3v) is 4.40. The minimum absolute atomic E-state index is 0.333. The molecule has 108 valence electrons. The molecule has 0 aromatic heterocycles. The van der Waals surface area contributed by atoms with Crippen molar-refractivity contribution >= 4 is 0 Å². The van der Waals surface area contributed by atoms with Gasteiger partial charge in [-0.25, -0.2) is 0 Å². The van der Waals surface area contributed by atoms with Gasteiger partial charge in [-0.1, -0.05) is 25.0 Å². The summed E-state index contributed by atoms with van der Waals surface area (Å²) in [4.78, 5) is 2.49. The number of likely N-dealkylation sites (N-methyl/N-ethyl adjacent to an activating group) is 1. The van der Waals surface area contributed by atoms with Crippen LogP contribution >= 0.6 is 0 Å². The fourth-order valence-electron chi connectivity index (χ4n) is 2.95. The second kappa shape index (κ2) is 7.42. The molecule has 3 heteroatoms. The van der Waals surface area contributed by atoms with Crippen molar-refractivity contribution in [3.05, 3.63) is 35.4 Å². The van der Waals surface area contributed by atoms with E-state index in [-0.39, 0.29) is 0 Å². The van der Waals surface area contributed by atoms with Gasteiger partial charge in [-0.3, -0.25) is 0 Å². The highest BCUT2D eigenvalue weighted by atomic mass is 15.1. The largest absolute Gasteiger partial charge is 0.309 e. The molecule has 1 aliphatic rings. The molecule has 0 amide bonds. The molecule has 20 heavy (non-hydrogen) atoms. The molecule has 1 saturated carbocycles. The fraction of sp³-hybridized carbons (Fsp3) is 0.588. The van der Waals surface area contributed by atoms with Crippen molar-refractivity contribution in [3.63, 3.8) is 0 Å². The van der Waals surface area contributed by atoms with Crippen molar-refractivity contribution in [3.8, 4) is 6.07 Å². The van der Waals surface area contributed by atoms with E-state index in [2.05, 4.69) is 30.3 Å². The van der Waals surface area contributed by atoms with E-state index in [0.29, 0.717) is 6.04 Å². The Hall–Kier alpha value is -1.37. The Labute approximate surface area is 122 Å². The summed E-state index contributed by atoms with van der Waals surface area (Å²) in [6.45, 7) is 4.29. The standard InChI is InChI=1S/C17H25N3/c1-14(16-9-7-15(13-18)8-10-16)19-11-12-20(2)17-5-3-4-6-17/h7-10,14,17,19H,3-6,11-12H2,1-2H3. The lowest BCUT2D eigenvalue weighted by atomic mass is 10.1. The smallest absolute Gasteiger partial charge is 0.0991 e. The van der Waals surface area contributed by atoms with Crippen molar-refractivity contribution in [2.24, 2.45) is 0 Å². The molecule has 0 aliphatic heterocycles. The summed E-state index contributed by atoms with van der Waals surface area (Å²) in [5.41, 5.74) is 1.97. The maximum absolute atomic E-state index is 8.80. The third-order valence-electron chi connectivity index (χ3n) is 4.40. The lowest BCUT2D eigenvalue weighted by molar-refractivity contribution is 0.243. The molecular formula is C17H25N3. The highest BCUT2D eigenvalue weighted by Gasteiger charge is 2.18. The molecule has 1 N–H and O–H groups in total. The van der Waals surface area contributed by atoms with Crippen LogP contribution < -0.4 is 5.32 Å². The molecule has 0 saturated heterocycles. The fourth-order valence-corrected chi connectivity index (χ4v) is 2.95. The zero-order valence-electron chi connectivity index (χ0n) is 12.6. The molecule has 1 unspecified atom stereocenters. The van der Waals surface area contributed by atoms with Gasteiger partial charge in [0, 0.05) is 25.2 Å². The Kier molecular flexibility index (Phi) is 5.58. The highest BCUT2D eigenvalue weighted by Crippen LogP contribution is 2.22. The van der Waals surface area contributed by atoms with E-state index in [4.69, 9.17) is 5.26 Å². The first kappa shape index (κ1) is 15.0. The molecule has 0 radical (unpaired) electrons. The average molecular weight is 271 g/mol. The minimum atomic E-state index is 0.333. The average Bonchev–Trinajstić information content (AvgIpc) is 3.01. The second-order valence-corrected chi connectivity index (χ2v) is 5.83. The second-order valence-electron chi connectivity index (χ2n) is 5.83. The molecule has 1 atom stereocenters. The maximum Gasteiger partial charge on any atom is 0.0991 e. The summed E-state index contributed by atoms with van der Waals surface area (Å²) in [6, 6.07) is 11.1. The third kappa shape index (κ3) is 4.06. The number of hydrogen-bond acceptors (Lipinski definition) is 3. The molecule has 1 aliphatic carbocycles. The first-order valence-electron chi connectivity index (χ1n) is 7.64. The first-order valence-corrected chi connectivity index (χ1v) is 7.64. The summed E-state index contributed by atoms with van der Waals surface area (Å²) >= 11 is 0. The van der Waals surface area contributed by atoms with Gasteiger partial charge in [0.05, 0.1) is 11.6 Å². The van der Waals surface area contributed by atoms with Crippen LogP contribution in [0, 0.1) is 11.3 Å². The zero-order valence-corrected chi connectivity index (χ0v) is 12.6. The Morgan fingerprint density at radius 3 is 2.55 bits per heavy atom. The van der Waals surface area contributed by atoms with Crippen LogP contribution in [-0.4, -0.2) is 31.1 Å². The zero-order chi connectivity index (χ0) is 14.4. The van der Waals surface area contributed by atoms with Crippen LogP contribution in [0.25, 0.3) is 0 Å². The molecule has 3 nitrogen and oxygen atoms in total. The number of benzene rings is 1. The van der Waals surface area contributed by atoms with E-state index in [0.717, 1.165) is 24.7 Å². The summed E-state index contributed by atoms with van der Waals surface area (Å²) in [5.74, 6) is 0. The van der Waals surface area contributed by atoms with E-state index >= 15 is 0 Å². The van der Waals surface area contributed by atoms with Crippen LogP contribution in [0.4, 0.5) is 0 Å². The van der Waals surface area contributed by atoms with Crippen LogP contribution in [0.1, 0.15) is 49.8 Å². The van der Waals surface area contributed by atoms with E-state index in [9.17, 15) is 0 Å². The van der Waals surface area contributed by atoms with Gasteiger partial charge in [0.1, 0.15) is 0 Å². The lowest BCUT2D eigenvalue weighted by Crippen LogP contribution is -2.36. The molecule has 1 aromatic rings. The Bertz CT molecular complexity index is 440. The van der Waals surface area contributed by atoms with E-state index < -0.39 is 0 Å². The summed E-state index contributed by atoms with van der Waals surface area (Å²) in [7, 11) is 2.24. The van der Waals surface area contributed by atoms with E-state index in [1.54, 1.807) is 0 Å². The number of rotatable bonds is 6. The summed E-state index contributed by atoms with van der Waals surface area (Å²) in [5, 5.41) is 12.4. The SMILES string of the molecule is CC(NCCN(C)C1CCCC1)c1ccc(C#N)cc1. The van der Waals surface area contributed by atoms with E-state index in [1.807, 2.05) is 24.3 Å². The van der Waals surface area contributed by atoms with Crippen molar-refractivity contribution < 1.29 is 0 Å². The van der Waals surface area contributed by atoms with Crippen LogP contribution in [0.3, 0.4) is 0 Å². The monoisotopic (exact) mass is 271 g/mol. The van der Waals surface area contributed by atoms with Gasteiger partial charge in [0.2, 0.25) is 0 Å². The van der Waals surface area contributed by atoms with Gasteiger partial charge in [-0.05, 0) is 44.5 Å². The predicted octanol–water partition coefficient (Wildman–Crippen LogP) is 3.08. The number of nitrogens with one attached hydrogen (secondary N) is 1. The molecular weight excluding hydrogens is 246 g/mol.